The van der Waals surface area contributed by atoms with Crippen molar-refractivity contribution in [3.05, 3.63) is 21.9 Å². The highest BCUT2D eigenvalue weighted by molar-refractivity contribution is 7.12. The summed E-state index contributed by atoms with van der Waals surface area (Å²) in [5.41, 5.74) is 1.05. The summed E-state index contributed by atoms with van der Waals surface area (Å²) in [6, 6.07) is 3.69. The molecule has 4 heteroatoms. The molecule has 1 amide bonds. The van der Waals surface area contributed by atoms with Gasteiger partial charge < -0.3 is 5.32 Å². The summed E-state index contributed by atoms with van der Waals surface area (Å²) in [7, 11) is 0. The maximum atomic E-state index is 11.9. The molecule has 1 aromatic rings. The fourth-order valence-electron chi connectivity index (χ4n) is 1.49. The van der Waals surface area contributed by atoms with E-state index < -0.39 is 0 Å². The van der Waals surface area contributed by atoms with E-state index >= 15 is 0 Å². The molecule has 1 heterocycles. The van der Waals surface area contributed by atoms with Crippen molar-refractivity contribution in [3.8, 4) is 6.07 Å². The predicted octanol–water partition coefficient (Wildman–Crippen LogP) is 2.73. The number of nitriles is 1. The lowest BCUT2D eigenvalue weighted by molar-refractivity contribution is 0.0947. The first-order valence-corrected chi connectivity index (χ1v) is 6.37. The number of rotatable bonds is 5. The SMILES string of the molecule is CCC[C@H](C#N)NC(=O)c1sccc1CC. The third-order valence-electron chi connectivity index (χ3n) is 2.37. The van der Waals surface area contributed by atoms with Crippen molar-refractivity contribution in [3.63, 3.8) is 0 Å². The number of aryl methyl sites for hydroxylation is 1. The van der Waals surface area contributed by atoms with Gasteiger partial charge in [0.15, 0.2) is 0 Å². The van der Waals surface area contributed by atoms with E-state index in [1.54, 1.807) is 0 Å². The van der Waals surface area contributed by atoms with E-state index in [0.717, 1.165) is 23.3 Å². The van der Waals surface area contributed by atoms with Gasteiger partial charge in [0.25, 0.3) is 5.91 Å². The average molecular weight is 236 g/mol. The minimum absolute atomic E-state index is 0.119. The van der Waals surface area contributed by atoms with Crippen LogP contribution in [0.25, 0.3) is 0 Å². The minimum Gasteiger partial charge on any atom is -0.336 e. The molecule has 0 fully saturated rings. The molecule has 1 rings (SSSR count). The Morgan fingerprint density at radius 2 is 2.38 bits per heavy atom. The lowest BCUT2D eigenvalue weighted by atomic mass is 10.1. The molecule has 0 aliphatic rings. The number of carbonyl (C=O) groups is 1. The first kappa shape index (κ1) is 12.7. The summed E-state index contributed by atoms with van der Waals surface area (Å²) in [5, 5.41) is 13.5. The van der Waals surface area contributed by atoms with Crippen molar-refractivity contribution < 1.29 is 4.79 Å². The maximum Gasteiger partial charge on any atom is 0.262 e. The Morgan fingerprint density at radius 1 is 1.62 bits per heavy atom. The van der Waals surface area contributed by atoms with Crippen molar-refractivity contribution in [2.75, 3.05) is 0 Å². The summed E-state index contributed by atoms with van der Waals surface area (Å²) in [6.45, 7) is 4.02. The van der Waals surface area contributed by atoms with Crippen LogP contribution >= 0.6 is 11.3 Å². The van der Waals surface area contributed by atoms with Crippen molar-refractivity contribution in [1.82, 2.24) is 5.32 Å². The third kappa shape index (κ3) is 3.07. The van der Waals surface area contributed by atoms with Gasteiger partial charge in [0.1, 0.15) is 6.04 Å². The highest BCUT2D eigenvalue weighted by Crippen LogP contribution is 2.17. The van der Waals surface area contributed by atoms with Crippen LogP contribution in [-0.2, 0) is 6.42 Å². The van der Waals surface area contributed by atoms with E-state index in [9.17, 15) is 4.79 Å². The summed E-state index contributed by atoms with van der Waals surface area (Å²) in [5.74, 6) is -0.119. The number of nitrogens with zero attached hydrogens (tertiary/aromatic N) is 1. The Bertz CT molecular complexity index is 392. The number of amides is 1. The Hall–Kier alpha value is -1.34. The van der Waals surface area contributed by atoms with Crippen LogP contribution in [0.5, 0.6) is 0 Å². The fraction of sp³-hybridized carbons (Fsp3) is 0.500. The van der Waals surface area contributed by atoms with Gasteiger partial charge in [-0.05, 0) is 29.9 Å². The average Bonchev–Trinajstić information content (AvgIpc) is 2.76. The van der Waals surface area contributed by atoms with Crippen LogP contribution in [0.2, 0.25) is 0 Å². The van der Waals surface area contributed by atoms with Gasteiger partial charge in [-0.2, -0.15) is 5.26 Å². The predicted molar refractivity (Wildman–Crippen MR) is 65.5 cm³/mol. The normalized spacial score (nSPS) is 11.8. The van der Waals surface area contributed by atoms with Crippen LogP contribution < -0.4 is 5.32 Å². The van der Waals surface area contributed by atoms with Gasteiger partial charge in [-0.25, -0.2) is 0 Å². The first-order valence-electron chi connectivity index (χ1n) is 5.49. The summed E-state index contributed by atoms with van der Waals surface area (Å²) in [4.78, 5) is 12.6. The number of carbonyl (C=O) groups excluding carboxylic acids is 1. The second kappa shape index (κ2) is 6.29. The molecule has 3 nitrogen and oxygen atoms in total. The van der Waals surface area contributed by atoms with Crippen molar-refractivity contribution in [1.29, 1.82) is 5.26 Å². The molecule has 16 heavy (non-hydrogen) atoms. The molecular formula is C12H16N2OS. The molecule has 0 aromatic carbocycles. The molecule has 86 valence electrons. The largest absolute Gasteiger partial charge is 0.336 e. The summed E-state index contributed by atoms with van der Waals surface area (Å²) >= 11 is 1.43. The Labute approximate surface area is 100 Å². The summed E-state index contributed by atoms with van der Waals surface area (Å²) < 4.78 is 0. The van der Waals surface area contributed by atoms with Gasteiger partial charge >= 0.3 is 0 Å². The molecular weight excluding hydrogens is 220 g/mol. The van der Waals surface area contributed by atoms with Crippen LogP contribution in [0.4, 0.5) is 0 Å². The smallest absolute Gasteiger partial charge is 0.262 e. The molecule has 1 atom stereocenters. The zero-order valence-electron chi connectivity index (χ0n) is 9.62. The highest BCUT2D eigenvalue weighted by atomic mass is 32.1. The molecule has 0 saturated heterocycles. The fourth-order valence-corrected chi connectivity index (χ4v) is 2.39. The zero-order chi connectivity index (χ0) is 12.0. The monoisotopic (exact) mass is 236 g/mol. The molecule has 1 aromatic heterocycles. The number of nitrogens with one attached hydrogen (secondary N) is 1. The second-order valence-corrected chi connectivity index (χ2v) is 4.49. The zero-order valence-corrected chi connectivity index (χ0v) is 10.4. The molecule has 0 aliphatic heterocycles. The van der Waals surface area contributed by atoms with Crippen LogP contribution in [0.1, 0.15) is 41.9 Å². The summed E-state index contributed by atoms with van der Waals surface area (Å²) in [6.07, 6.45) is 2.44. The molecule has 1 N–H and O–H groups in total. The van der Waals surface area contributed by atoms with Crippen molar-refractivity contribution in [2.24, 2.45) is 0 Å². The van der Waals surface area contributed by atoms with Crippen molar-refractivity contribution in [2.45, 2.75) is 39.2 Å². The van der Waals surface area contributed by atoms with Gasteiger partial charge in [0.2, 0.25) is 0 Å². The van der Waals surface area contributed by atoms with Crippen LogP contribution in [0.3, 0.4) is 0 Å². The van der Waals surface area contributed by atoms with Crippen LogP contribution in [-0.4, -0.2) is 11.9 Å². The lowest BCUT2D eigenvalue weighted by Crippen LogP contribution is -2.33. The van der Waals surface area contributed by atoms with E-state index in [2.05, 4.69) is 11.4 Å². The van der Waals surface area contributed by atoms with E-state index in [0.29, 0.717) is 6.42 Å². The van der Waals surface area contributed by atoms with Gasteiger partial charge in [-0.3, -0.25) is 4.79 Å². The van der Waals surface area contributed by atoms with Crippen molar-refractivity contribution >= 4 is 17.2 Å². The lowest BCUT2D eigenvalue weighted by Gasteiger charge is -2.10. The van der Waals surface area contributed by atoms with Gasteiger partial charge in [0.05, 0.1) is 10.9 Å². The van der Waals surface area contributed by atoms with E-state index in [1.807, 2.05) is 25.3 Å². The molecule has 0 radical (unpaired) electrons. The maximum absolute atomic E-state index is 11.9. The topological polar surface area (TPSA) is 52.9 Å². The quantitative estimate of drug-likeness (QED) is 0.854. The number of thiophene rings is 1. The van der Waals surface area contributed by atoms with Gasteiger partial charge in [-0.1, -0.05) is 20.3 Å². The number of hydrogen-bond acceptors (Lipinski definition) is 3. The molecule has 0 unspecified atom stereocenters. The van der Waals surface area contributed by atoms with E-state index in [1.165, 1.54) is 11.3 Å². The minimum atomic E-state index is -0.371. The third-order valence-corrected chi connectivity index (χ3v) is 3.33. The highest BCUT2D eigenvalue weighted by Gasteiger charge is 2.15. The standard InChI is InChI=1S/C12H16N2OS/c1-3-5-10(8-13)14-12(15)11-9(4-2)6-7-16-11/h6-7,10H,3-5H2,1-2H3,(H,14,15)/t10-/m1/s1. The number of hydrogen-bond donors (Lipinski definition) is 1. The Morgan fingerprint density at radius 3 is 2.94 bits per heavy atom. The second-order valence-electron chi connectivity index (χ2n) is 3.57. The van der Waals surface area contributed by atoms with Gasteiger partial charge in [-0.15, -0.1) is 11.3 Å². The van der Waals surface area contributed by atoms with Gasteiger partial charge in [0, 0.05) is 0 Å². The molecule has 0 aliphatic carbocycles. The Kier molecular flexibility index (Phi) is 5.00. The van der Waals surface area contributed by atoms with Crippen LogP contribution in [0.15, 0.2) is 11.4 Å². The van der Waals surface area contributed by atoms with Crippen LogP contribution in [0, 0.1) is 11.3 Å². The molecule has 0 saturated carbocycles. The first-order chi connectivity index (χ1) is 7.72. The van der Waals surface area contributed by atoms with E-state index in [4.69, 9.17) is 5.26 Å². The van der Waals surface area contributed by atoms with E-state index in [-0.39, 0.29) is 11.9 Å². The molecule has 0 spiro atoms. The Balaban J connectivity index is 2.68. The molecule has 0 bridgehead atoms.